The molecule has 2 aliphatic rings. The smallest absolute Gasteiger partial charge is 0.235 e. The summed E-state index contributed by atoms with van der Waals surface area (Å²) in [5, 5.41) is 0. The first-order valence-electron chi connectivity index (χ1n) is 6.81. The van der Waals surface area contributed by atoms with Crippen molar-refractivity contribution in [3.8, 4) is 0 Å². The Balaban J connectivity index is 0.000000704. The van der Waals surface area contributed by atoms with Gasteiger partial charge in [0.2, 0.25) is 11.3 Å². The van der Waals surface area contributed by atoms with Gasteiger partial charge in [-0.2, -0.15) is 0 Å². The predicted octanol–water partition coefficient (Wildman–Crippen LogP) is 2.28. The summed E-state index contributed by atoms with van der Waals surface area (Å²) in [5.74, 6) is -0.357. The summed E-state index contributed by atoms with van der Waals surface area (Å²) in [6.07, 6.45) is -0.253. The summed E-state index contributed by atoms with van der Waals surface area (Å²) < 4.78 is 39.2. The summed E-state index contributed by atoms with van der Waals surface area (Å²) in [6.45, 7) is 6.72. The molecule has 4 atom stereocenters. The molecule has 112 valence electrons. The number of hydrogen-bond acceptors (Lipinski definition) is 3. The van der Waals surface area contributed by atoms with Crippen LogP contribution in [0.5, 0.6) is 0 Å². The van der Waals surface area contributed by atoms with E-state index >= 15 is 0 Å². The maximum absolute atomic E-state index is 14.0. The van der Waals surface area contributed by atoms with E-state index in [1.165, 1.54) is 6.07 Å². The average molecular weight is 301 g/mol. The summed E-state index contributed by atoms with van der Waals surface area (Å²) in [4.78, 5) is 0. The van der Waals surface area contributed by atoms with Gasteiger partial charge in [-0.05, 0) is 13.0 Å². The van der Waals surface area contributed by atoms with E-state index in [-0.39, 0.29) is 17.8 Å². The molecule has 0 bridgehead atoms. The van der Waals surface area contributed by atoms with Crippen molar-refractivity contribution < 1.29 is 17.5 Å². The highest BCUT2D eigenvalue weighted by molar-refractivity contribution is 7.78. The fourth-order valence-corrected chi connectivity index (χ4v) is 3.76. The highest BCUT2D eigenvalue weighted by Gasteiger charge is 2.51. The largest absolute Gasteiger partial charge is 0.378 e. The molecule has 1 unspecified atom stereocenters. The van der Waals surface area contributed by atoms with Gasteiger partial charge in [-0.25, -0.2) is 13.3 Å². The van der Waals surface area contributed by atoms with Crippen LogP contribution in [-0.4, -0.2) is 23.5 Å². The molecule has 0 aliphatic carbocycles. The Labute approximate surface area is 121 Å². The highest BCUT2D eigenvalue weighted by atomic mass is 32.2. The summed E-state index contributed by atoms with van der Waals surface area (Å²) in [6, 6.07) is 6.53. The Morgan fingerprint density at radius 2 is 2.05 bits per heavy atom. The van der Waals surface area contributed by atoms with Crippen LogP contribution in [0, 0.1) is 11.7 Å². The second-order valence-corrected chi connectivity index (χ2v) is 5.66. The molecule has 0 saturated carbocycles. The molecule has 2 fully saturated rings. The lowest BCUT2D eigenvalue weighted by molar-refractivity contribution is 0.0954. The first kappa shape index (κ1) is 15.6. The van der Waals surface area contributed by atoms with E-state index in [1.807, 2.05) is 20.8 Å². The van der Waals surface area contributed by atoms with Gasteiger partial charge in [0.1, 0.15) is 11.9 Å². The van der Waals surface area contributed by atoms with Crippen molar-refractivity contribution in [1.29, 1.82) is 0 Å². The van der Waals surface area contributed by atoms with Gasteiger partial charge in [-0.3, -0.25) is 4.18 Å². The number of benzene rings is 1. The third-order valence-corrected chi connectivity index (χ3v) is 4.72. The van der Waals surface area contributed by atoms with Gasteiger partial charge in [-0.15, -0.1) is 0 Å². The van der Waals surface area contributed by atoms with Crippen LogP contribution in [-0.2, 0) is 25.7 Å². The molecule has 1 aromatic rings. The van der Waals surface area contributed by atoms with Crippen LogP contribution in [0.4, 0.5) is 4.39 Å². The molecular weight excluding hydrogens is 281 g/mol. The van der Waals surface area contributed by atoms with Crippen molar-refractivity contribution in [2.45, 2.75) is 32.4 Å². The quantitative estimate of drug-likeness (QED) is 0.865. The standard InChI is InChI=1S/C12H14FNO3S.C2H6/c1-12(8-4-2-3-5-10(8)13)9-6-16-7-11(9)17-18(15)14-12;1-2/h2-5,9,11,14H,6-7H2,1H3;1-2H3/t9-,11+,12+,18?;/m0./s1. The van der Waals surface area contributed by atoms with Gasteiger partial charge < -0.3 is 4.74 Å². The third-order valence-electron chi connectivity index (χ3n) is 3.71. The average Bonchev–Trinajstić information content (AvgIpc) is 2.90. The molecule has 0 radical (unpaired) electrons. The zero-order valence-electron chi connectivity index (χ0n) is 11.9. The van der Waals surface area contributed by atoms with E-state index in [9.17, 15) is 8.60 Å². The Morgan fingerprint density at radius 1 is 1.35 bits per heavy atom. The van der Waals surface area contributed by atoms with Crippen LogP contribution in [0.1, 0.15) is 26.3 Å². The van der Waals surface area contributed by atoms with E-state index in [0.717, 1.165) is 0 Å². The molecule has 20 heavy (non-hydrogen) atoms. The lowest BCUT2D eigenvalue weighted by Crippen LogP contribution is -2.56. The fraction of sp³-hybridized carbons (Fsp3) is 0.571. The molecule has 0 amide bonds. The van der Waals surface area contributed by atoms with Gasteiger partial charge >= 0.3 is 0 Å². The molecule has 3 rings (SSSR count). The molecule has 4 nitrogen and oxygen atoms in total. The Hall–Kier alpha value is -0.820. The van der Waals surface area contributed by atoms with Crippen LogP contribution in [0.25, 0.3) is 0 Å². The minimum atomic E-state index is -1.63. The van der Waals surface area contributed by atoms with Crippen molar-refractivity contribution in [2.75, 3.05) is 13.2 Å². The van der Waals surface area contributed by atoms with E-state index in [1.54, 1.807) is 18.2 Å². The van der Waals surface area contributed by atoms with E-state index in [4.69, 9.17) is 8.92 Å². The zero-order valence-corrected chi connectivity index (χ0v) is 12.7. The van der Waals surface area contributed by atoms with Gasteiger partial charge in [0.15, 0.2) is 0 Å². The third kappa shape index (κ3) is 2.65. The normalized spacial score (nSPS) is 35.9. The predicted molar refractivity (Wildman–Crippen MR) is 75.6 cm³/mol. The molecule has 2 aliphatic heterocycles. The van der Waals surface area contributed by atoms with Crippen molar-refractivity contribution in [2.24, 2.45) is 5.92 Å². The SMILES string of the molecule is CC.C[C@]1(c2ccccc2F)NS(=O)O[C@@H]2COC[C@@H]21. The molecule has 1 N–H and O–H groups in total. The highest BCUT2D eigenvalue weighted by Crippen LogP contribution is 2.40. The number of rotatable bonds is 1. The van der Waals surface area contributed by atoms with Crippen LogP contribution in [0.3, 0.4) is 0 Å². The van der Waals surface area contributed by atoms with Crippen molar-refractivity contribution in [3.63, 3.8) is 0 Å². The van der Waals surface area contributed by atoms with Crippen LogP contribution in [0.2, 0.25) is 0 Å². The first-order valence-corrected chi connectivity index (χ1v) is 7.88. The molecule has 2 heterocycles. The minimum absolute atomic E-state index is 0.0490. The van der Waals surface area contributed by atoms with E-state index in [0.29, 0.717) is 18.8 Å². The minimum Gasteiger partial charge on any atom is -0.378 e. The maximum atomic E-state index is 14.0. The van der Waals surface area contributed by atoms with E-state index in [2.05, 4.69) is 4.72 Å². The monoisotopic (exact) mass is 301 g/mol. The topological polar surface area (TPSA) is 47.6 Å². The van der Waals surface area contributed by atoms with E-state index < -0.39 is 16.8 Å². The van der Waals surface area contributed by atoms with Crippen molar-refractivity contribution >= 4 is 11.3 Å². The summed E-state index contributed by atoms with van der Waals surface area (Å²) >= 11 is -1.63. The summed E-state index contributed by atoms with van der Waals surface area (Å²) in [7, 11) is 0. The number of halogens is 1. The molecule has 0 aromatic heterocycles. The van der Waals surface area contributed by atoms with Crippen molar-refractivity contribution in [3.05, 3.63) is 35.6 Å². The Bertz CT molecular complexity index is 499. The number of ether oxygens (including phenoxy) is 1. The Kier molecular flexibility index (Phi) is 4.90. The number of fused-ring (bicyclic) bond motifs is 1. The molecular formula is C14H20FNO3S. The lowest BCUT2D eigenvalue weighted by Gasteiger charge is -2.41. The van der Waals surface area contributed by atoms with Gasteiger partial charge in [0.05, 0.1) is 18.8 Å². The molecule has 1 aromatic carbocycles. The lowest BCUT2D eigenvalue weighted by atomic mass is 9.78. The molecule has 6 heteroatoms. The Morgan fingerprint density at radius 3 is 2.75 bits per heavy atom. The number of hydrogen-bond donors (Lipinski definition) is 1. The maximum Gasteiger partial charge on any atom is 0.235 e. The van der Waals surface area contributed by atoms with Crippen LogP contribution >= 0.6 is 0 Å². The molecule has 0 spiro atoms. The fourth-order valence-electron chi connectivity index (χ4n) is 2.69. The van der Waals surface area contributed by atoms with Gasteiger partial charge in [0, 0.05) is 11.5 Å². The zero-order chi connectivity index (χ0) is 14.8. The van der Waals surface area contributed by atoms with Gasteiger partial charge in [0.25, 0.3) is 0 Å². The summed E-state index contributed by atoms with van der Waals surface area (Å²) in [5.41, 5.74) is -0.238. The van der Waals surface area contributed by atoms with Gasteiger partial charge in [-0.1, -0.05) is 32.0 Å². The second-order valence-electron chi connectivity index (χ2n) is 4.80. The first-order chi connectivity index (χ1) is 9.61. The van der Waals surface area contributed by atoms with Crippen molar-refractivity contribution in [1.82, 2.24) is 4.72 Å². The van der Waals surface area contributed by atoms with Crippen LogP contribution in [0.15, 0.2) is 24.3 Å². The second kappa shape index (κ2) is 6.30. The molecule has 2 saturated heterocycles. The number of nitrogens with one attached hydrogen (secondary N) is 1. The van der Waals surface area contributed by atoms with Crippen LogP contribution < -0.4 is 4.72 Å².